The van der Waals surface area contributed by atoms with Gasteiger partial charge in [0.2, 0.25) is 5.88 Å². The highest BCUT2D eigenvalue weighted by Gasteiger charge is 2.26. The van der Waals surface area contributed by atoms with Gasteiger partial charge in [-0.15, -0.1) is 11.8 Å². The van der Waals surface area contributed by atoms with E-state index in [1.807, 2.05) is 11.8 Å². The highest BCUT2D eigenvalue weighted by atomic mass is 32.2. The number of fused-ring (bicyclic) bond motifs is 1. The molecule has 0 saturated heterocycles. The Hall–Kier alpha value is -1.68. The Morgan fingerprint density at radius 3 is 2.48 bits per heavy atom. The standard InChI is InChI=1S/C21H28N2OS/c1-7-17(6)23-8-9-25-20-18(23)12-16(5)22-21(20)24-19-14(3)10-13(2)11-15(19)4/h10-12,17H,7-9H2,1-6H3. The third kappa shape index (κ3) is 3.64. The first-order valence-electron chi connectivity index (χ1n) is 9.07. The summed E-state index contributed by atoms with van der Waals surface area (Å²) in [5, 5.41) is 0. The number of thioether (sulfide) groups is 1. The van der Waals surface area contributed by atoms with Gasteiger partial charge in [-0.3, -0.25) is 0 Å². The van der Waals surface area contributed by atoms with E-state index in [-0.39, 0.29) is 0 Å². The summed E-state index contributed by atoms with van der Waals surface area (Å²) in [4.78, 5) is 8.42. The smallest absolute Gasteiger partial charge is 0.235 e. The fourth-order valence-corrected chi connectivity index (χ4v) is 4.53. The summed E-state index contributed by atoms with van der Waals surface area (Å²) in [5.74, 6) is 2.76. The number of benzene rings is 1. The van der Waals surface area contributed by atoms with E-state index in [1.165, 1.54) is 16.1 Å². The zero-order valence-corrected chi connectivity index (χ0v) is 17.0. The number of ether oxygens (including phenoxy) is 1. The van der Waals surface area contributed by atoms with Crippen molar-refractivity contribution in [3.8, 4) is 11.6 Å². The van der Waals surface area contributed by atoms with Gasteiger partial charge < -0.3 is 9.64 Å². The largest absolute Gasteiger partial charge is 0.437 e. The van der Waals surface area contributed by atoms with E-state index in [2.05, 4.69) is 64.6 Å². The van der Waals surface area contributed by atoms with E-state index in [0.717, 1.165) is 47.2 Å². The summed E-state index contributed by atoms with van der Waals surface area (Å²) >= 11 is 1.86. The lowest BCUT2D eigenvalue weighted by molar-refractivity contribution is 0.441. The Morgan fingerprint density at radius 2 is 1.84 bits per heavy atom. The highest BCUT2D eigenvalue weighted by Crippen LogP contribution is 2.44. The van der Waals surface area contributed by atoms with Gasteiger partial charge in [-0.05, 0) is 58.2 Å². The van der Waals surface area contributed by atoms with Gasteiger partial charge in [-0.25, -0.2) is 4.98 Å². The van der Waals surface area contributed by atoms with Crippen LogP contribution in [-0.4, -0.2) is 23.3 Å². The molecule has 25 heavy (non-hydrogen) atoms. The summed E-state index contributed by atoms with van der Waals surface area (Å²) in [7, 11) is 0. The molecule has 3 rings (SSSR count). The maximum atomic E-state index is 6.38. The molecule has 0 spiro atoms. The molecule has 2 aromatic rings. The first-order valence-corrected chi connectivity index (χ1v) is 10.1. The molecule has 1 aromatic carbocycles. The molecular formula is C21H28N2OS. The van der Waals surface area contributed by atoms with Crippen LogP contribution in [0.15, 0.2) is 23.1 Å². The second-order valence-corrected chi connectivity index (χ2v) is 8.15. The molecule has 0 N–H and O–H groups in total. The minimum atomic E-state index is 0.525. The van der Waals surface area contributed by atoms with Crippen LogP contribution in [0.1, 0.15) is 42.7 Å². The minimum Gasteiger partial charge on any atom is -0.437 e. The van der Waals surface area contributed by atoms with Crippen LogP contribution in [0.5, 0.6) is 11.6 Å². The summed E-state index contributed by atoms with van der Waals surface area (Å²) in [5.41, 5.74) is 5.87. The van der Waals surface area contributed by atoms with Crippen LogP contribution < -0.4 is 9.64 Å². The topological polar surface area (TPSA) is 25.4 Å². The maximum Gasteiger partial charge on any atom is 0.235 e. The average molecular weight is 357 g/mol. The van der Waals surface area contributed by atoms with Gasteiger partial charge in [0.15, 0.2) is 0 Å². The molecule has 1 aromatic heterocycles. The lowest BCUT2D eigenvalue weighted by atomic mass is 10.1. The monoisotopic (exact) mass is 356 g/mol. The van der Waals surface area contributed by atoms with Gasteiger partial charge in [-0.2, -0.15) is 0 Å². The van der Waals surface area contributed by atoms with Gasteiger partial charge >= 0.3 is 0 Å². The number of anilines is 1. The highest BCUT2D eigenvalue weighted by molar-refractivity contribution is 7.99. The van der Waals surface area contributed by atoms with Gasteiger partial charge in [0, 0.05) is 24.0 Å². The van der Waals surface area contributed by atoms with Crippen molar-refractivity contribution >= 4 is 17.4 Å². The molecule has 134 valence electrons. The predicted octanol–water partition coefficient (Wildman–Crippen LogP) is 5.82. The zero-order chi connectivity index (χ0) is 18.1. The fourth-order valence-electron chi connectivity index (χ4n) is 3.50. The van der Waals surface area contributed by atoms with Crippen molar-refractivity contribution in [1.29, 1.82) is 0 Å². The summed E-state index contributed by atoms with van der Waals surface area (Å²) in [6.07, 6.45) is 1.14. The Morgan fingerprint density at radius 1 is 1.16 bits per heavy atom. The third-order valence-electron chi connectivity index (χ3n) is 4.86. The lowest BCUT2D eigenvalue weighted by Gasteiger charge is -2.36. The second kappa shape index (κ2) is 7.28. The average Bonchev–Trinajstić information content (AvgIpc) is 2.56. The predicted molar refractivity (Wildman–Crippen MR) is 108 cm³/mol. The zero-order valence-electron chi connectivity index (χ0n) is 16.1. The van der Waals surface area contributed by atoms with Gasteiger partial charge in [-0.1, -0.05) is 24.6 Å². The maximum absolute atomic E-state index is 6.38. The van der Waals surface area contributed by atoms with E-state index < -0.39 is 0 Å². The van der Waals surface area contributed by atoms with Crippen molar-refractivity contribution in [2.75, 3.05) is 17.2 Å². The number of hydrogen-bond acceptors (Lipinski definition) is 4. The third-order valence-corrected chi connectivity index (χ3v) is 5.92. The molecule has 0 aliphatic carbocycles. The minimum absolute atomic E-state index is 0.525. The van der Waals surface area contributed by atoms with Crippen LogP contribution >= 0.6 is 11.8 Å². The van der Waals surface area contributed by atoms with Crippen LogP contribution in [0.25, 0.3) is 0 Å². The molecule has 1 aliphatic rings. The van der Waals surface area contributed by atoms with Crippen LogP contribution in [0, 0.1) is 27.7 Å². The van der Waals surface area contributed by atoms with Crippen molar-refractivity contribution < 1.29 is 4.74 Å². The van der Waals surface area contributed by atoms with Crippen LogP contribution in [0.3, 0.4) is 0 Å². The molecule has 0 saturated carbocycles. The SMILES string of the molecule is CCC(C)N1CCSc2c1cc(C)nc2Oc1c(C)cc(C)cc1C. The molecule has 0 bridgehead atoms. The molecule has 1 aliphatic heterocycles. The molecule has 4 heteroatoms. The van der Waals surface area contributed by atoms with Crippen LogP contribution in [-0.2, 0) is 0 Å². The second-order valence-electron chi connectivity index (χ2n) is 7.05. The Balaban J connectivity index is 2.05. The van der Waals surface area contributed by atoms with Crippen LogP contribution in [0.4, 0.5) is 5.69 Å². The number of aryl methyl sites for hydroxylation is 4. The Kier molecular flexibility index (Phi) is 5.28. The molecule has 2 heterocycles. The number of pyridine rings is 1. The number of rotatable bonds is 4. The van der Waals surface area contributed by atoms with E-state index in [4.69, 9.17) is 9.72 Å². The van der Waals surface area contributed by atoms with E-state index >= 15 is 0 Å². The van der Waals surface area contributed by atoms with Crippen molar-refractivity contribution in [2.24, 2.45) is 0 Å². The van der Waals surface area contributed by atoms with E-state index in [0.29, 0.717) is 6.04 Å². The normalized spacial score (nSPS) is 15.0. The van der Waals surface area contributed by atoms with E-state index in [9.17, 15) is 0 Å². The molecule has 0 radical (unpaired) electrons. The molecule has 1 atom stereocenters. The Labute approximate surface area is 155 Å². The fraction of sp³-hybridized carbons (Fsp3) is 0.476. The number of hydrogen-bond donors (Lipinski definition) is 0. The quantitative estimate of drug-likeness (QED) is 0.689. The Bertz CT molecular complexity index is 765. The molecule has 1 unspecified atom stereocenters. The van der Waals surface area contributed by atoms with Crippen molar-refractivity contribution in [2.45, 2.75) is 58.9 Å². The lowest BCUT2D eigenvalue weighted by Crippen LogP contribution is -2.37. The molecule has 0 amide bonds. The van der Waals surface area contributed by atoms with Crippen molar-refractivity contribution in [3.63, 3.8) is 0 Å². The molecular weight excluding hydrogens is 328 g/mol. The van der Waals surface area contributed by atoms with Gasteiger partial charge in [0.05, 0.1) is 10.6 Å². The first-order chi connectivity index (χ1) is 11.9. The summed E-state index contributed by atoms with van der Waals surface area (Å²) in [6.45, 7) is 14.0. The number of nitrogens with zero attached hydrogens (tertiary/aromatic N) is 2. The summed E-state index contributed by atoms with van der Waals surface area (Å²) < 4.78 is 6.38. The first kappa shape index (κ1) is 18.1. The van der Waals surface area contributed by atoms with E-state index in [1.54, 1.807) is 0 Å². The van der Waals surface area contributed by atoms with Crippen molar-refractivity contribution in [3.05, 3.63) is 40.6 Å². The van der Waals surface area contributed by atoms with Crippen molar-refractivity contribution in [1.82, 2.24) is 4.98 Å². The van der Waals surface area contributed by atoms with Gasteiger partial charge in [0.1, 0.15) is 5.75 Å². The van der Waals surface area contributed by atoms with Gasteiger partial charge in [0.25, 0.3) is 0 Å². The van der Waals surface area contributed by atoms with Crippen LogP contribution in [0.2, 0.25) is 0 Å². The summed E-state index contributed by atoms with van der Waals surface area (Å²) in [6, 6.07) is 7.07. The number of aromatic nitrogens is 1. The molecule has 3 nitrogen and oxygen atoms in total. The molecule has 0 fully saturated rings.